The summed E-state index contributed by atoms with van der Waals surface area (Å²) in [5.41, 5.74) is 1.43. The number of benzene rings is 1. The van der Waals surface area contributed by atoms with Crippen LogP contribution < -0.4 is 5.32 Å². The second-order valence-electron chi connectivity index (χ2n) is 5.34. The first kappa shape index (κ1) is 13.2. The second-order valence-corrected chi connectivity index (χ2v) is 5.34. The fraction of sp³-hybridized carbons (Fsp3) is 0.600. The van der Waals surface area contributed by atoms with E-state index in [1.165, 1.54) is 12.0 Å². The summed E-state index contributed by atoms with van der Waals surface area (Å²) in [5.74, 6) is 0.750. The van der Waals surface area contributed by atoms with Gasteiger partial charge in [0.1, 0.15) is 0 Å². The van der Waals surface area contributed by atoms with Crippen LogP contribution in [0, 0.1) is 5.92 Å². The highest BCUT2D eigenvalue weighted by Crippen LogP contribution is 2.11. The van der Waals surface area contributed by atoms with E-state index in [0.29, 0.717) is 12.1 Å². The smallest absolute Gasteiger partial charge is 0.0112 e. The van der Waals surface area contributed by atoms with Crippen molar-refractivity contribution in [3.05, 3.63) is 35.9 Å². The lowest BCUT2D eigenvalue weighted by molar-refractivity contribution is 0.389. The van der Waals surface area contributed by atoms with Crippen molar-refractivity contribution in [2.45, 2.75) is 52.6 Å². The van der Waals surface area contributed by atoms with Gasteiger partial charge < -0.3 is 5.32 Å². The molecule has 90 valence electrons. The minimum Gasteiger partial charge on any atom is -0.311 e. The van der Waals surface area contributed by atoms with Gasteiger partial charge in [-0.05, 0) is 24.3 Å². The fourth-order valence-electron chi connectivity index (χ4n) is 2.15. The molecule has 0 aliphatic rings. The van der Waals surface area contributed by atoms with Gasteiger partial charge in [-0.1, -0.05) is 58.0 Å². The molecule has 0 aliphatic heterocycles. The lowest BCUT2D eigenvalue weighted by Gasteiger charge is -2.23. The Morgan fingerprint density at radius 1 is 1.00 bits per heavy atom. The van der Waals surface area contributed by atoms with Gasteiger partial charge in [0, 0.05) is 12.1 Å². The van der Waals surface area contributed by atoms with Crippen LogP contribution in [0.3, 0.4) is 0 Å². The van der Waals surface area contributed by atoms with Crippen molar-refractivity contribution in [2.75, 3.05) is 0 Å². The Kier molecular flexibility index (Phi) is 5.54. The van der Waals surface area contributed by atoms with Crippen molar-refractivity contribution in [3.8, 4) is 0 Å². The van der Waals surface area contributed by atoms with Crippen LogP contribution >= 0.6 is 0 Å². The van der Waals surface area contributed by atoms with Crippen LogP contribution in [0.4, 0.5) is 0 Å². The largest absolute Gasteiger partial charge is 0.311 e. The van der Waals surface area contributed by atoms with E-state index in [9.17, 15) is 0 Å². The highest BCUT2D eigenvalue weighted by molar-refractivity contribution is 5.15. The van der Waals surface area contributed by atoms with Crippen LogP contribution in [-0.4, -0.2) is 12.1 Å². The van der Waals surface area contributed by atoms with Gasteiger partial charge in [-0.25, -0.2) is 0 Å². The molecule has 0 heterocycles. The van der Waals surface area contributed by atoms with Gasteiger partial charge in [0.2, 0.25) is 0 Å². The third kappa shape index (κ3) is 5.32. The molecule has 1 N–H and O–H groups in total. The maximum atomic E-state index is 3.66. The molecule has 0 spiro atoms. The molecule has 1 aromatic rings. The number of rotatable bonds is 6. The quantitative estimate of drug-likeness (QED) is 0.770. The molecule has 1 atom stereocenters. The van der Waals surface area contributed by atoms with Crippen molar-refractivity contribution < 1.29 is 0 Å². The van der Waals surface area contributed by atoms with Gasteiger partial charge in [0.15, 0.2) is 0 Å². The Hall–Kier alpha value is -0.820. The van der Waals surface area contributed by atoms with E-state index in [4.69, 9.17) is 0 Å². The van der Waals surface area contributed by atoms with Gasteiger partial charge in [0.25, 0.3) is 0 Å². The number of nitrogens with one attached hydrogen (secondary N) is 1. The topological polar surface area (TPSA) is 12.0 Å². The summed E-state index contributed by atoms with van der Waals surface area (Å²) in [6.45, 7) is 9.02. The Bertz CT molecular complexity index is 267. The first-order valence-electron chi connectivity index (χ1n) is 6.38. The molecular weight excluding hydrogens is 194 g/mol. The molecule has 0 radical (unpaired) electrons. The van der Waals surface area contributed by atoms with Crippen LogP contribution in [-0.2, 0) is 6.42 Å². The normalized spacial score (nSPS) is 13.4. The summed E-state index contributed by atoms with van der Waals surface area (Å²) in [5, 5.41) is 3.66. The van der Waals surface area contributed by atoms with Crippen LogP contribution in [0.1, 0.15) is 39.7 Å². The summed E-state index contributed by atoms with van der Waals surface area (Å²) in [6.07, 6.45) is 2.38. The molecule has 0 unspecified atom stereocenters. The standard InChI is InChI=1S/C15H25N/c1-12(2)10-15(16-13(3)4)11-14-8-6-5-7-9-14/h5-9,12-13,15-16H,10-11H2,1-4H3/t15-/m1/s1. The summed E-state index contributed by atoms with van der Waals surface area (Å²) < 4.78 is 0. The van der Waals surface area contributed by atoms with Crippen molar-refractivity contribution in [1.82, 2.24) is 5.32 Å². The zero-order chi connectivity index (χ0) is 12.0. The van der Waals surface area contributed by atoms with Crippen molar-refractivity contribution in [1.29, 1.82) is 0 Å². The molecule has 0 aliphatic carbocycles. The molecule has 0 amide bonds. The second kappa shape index (κ2) is 6.70. The average Bonchev–Trinajstić information content (AvgIpc) is 2.16. The molecule has 1 heteroatoms. The molecule has 0 bridgehead atoms. The summed E-state index contributed by atoms with van der Waals surface area (Å²) in [7, 11) is 0. The minimum atomic E-state index is 0.562. The van der Waals surface area contributed by atoms with E-state index >= 15 is 0 Å². The van der Waals surface area contributed by atoms with Gasteiger partial charge in [-0.15, -0.1) is 0 Å². The maximum absolute atomic E-state index is 3.66. The predicted molar refractivity (Wildman–Crippen MR) is 71.7 cm³/mol. The Labute approximate surface area is 100 Å². The maximum Gasteiger partial charge on any atom is 0.0112 e. The summed E-state index contributed by atoms with van der Waals surface area (Å²) in [6, 6.07) is 11.9. The molecule has 16 heavy (non-hydrogen) atoms. The van der Waals surface area contributed by atoms with Crippen LogP contribution in [0.25, 0.3) is 0 Å². The molecule has 1 aromatic carbocycles. The lowest BCUT2D eigenvalue weighted by atomic mass is 9.97. The molecule has 0 saturated carbocycles. The SMILES string of the molecule is CC(C)C[C@H](Cc1ccccc1)NC(C)C. The van der Waals surface area contributed by atoms with E-state index in [-0.39, 0.29) is 0 Å². The van der Waals surface area contributed by atoms with E-state index in [0.717, 1.165) is 12.3 Å². The van der Waals surface area contributed by atoms with Crippen LogP contribution in [0.5, 0.6) is 0 Å². The predicted octanol–water partition coefficient (Wildman–Crippen LogP) is 3.64. The van der Waals surface area contributed by atoms with Crippen molar-refractivity contribution in [3.63, 3.8) is 0 Å². The monoisotopic (exact) mass is 219 g/mol. The van der Waals surface area contributed by atoms with E-state index in [1.807, 2.05) is 0 Å². The molecular formula is C15H25N. The zero-order valence-corrected chi connectivity index (χ0v) is 11.0. The zero-order valence-electron chi connectivity index (χ0n) is 11.0. The van der Waals surface area contributed by atoms with Gasteiger partial charge >= 0.3 is 0 Å². The summed E-state index contributed by atoms with van der Waals surface area (Å²) >= 11 is 0. The fourth-order valence-corrected chi connectivity index (χ4v) is 2.15. The number of hydrogen-bond acceptors (Lipinski definition) is 1. The van der Waals surface area contributed by atoms with Crippen LogP contribution in [0.15, 0.2) is 30.3 Å². The van der Waals surface area contributed by atoms with Crippen molar-refractivity contribution in [2.24, 2.45) is 5.92 Å². The van der Waals surface area contributed by atoms with E-state index in [1.54, 1.807) is 0 Å². The van der Waals surface area contributed by atoms with Gasteiger partial charge in [0.05, 0.1) is 0 Å². The van der Waals surface area contributed by atoms with Crippen LogP contribution in [0.2, 0.25) is 0 Å². The van der Waals surface area contributed by atoms with Gasteiger partial charge in [-0.3, -0.25) is 0 Å². The Balaban J connectivity index is 2.56. The lowest BCUT2D eigenvalue weighted by Crippen LogP contribution is -2.37. The number of hydrogen-bond donors (Lipinski definition) is 1. The Morgan fingerprint density at radius 2 is 1.62 bits per heavy atom. The van der Waals surface area contributed by atoms with E-state index in [2.05, 4.69) is 63.3 Å². The molecule has 0 aromatic heterocycles. The molecule has 1 rings (SSSR count). The average molecular weight is 219 g/mol. The van der Waals surface area contributed by atoms with E-state index < -0.39 is 0 Å². The van der Waals surface area contributed by atoms with Gasteiger partial charge in [-0.2, -0.15) is 0 Å². The highest BCUT2D eigenvalue weighted by atomic mass is 14.9. The molecule has 0 saturated heterocycles. The molecule has 0 fully saturated rings. The summed E-state index contributed by atoms with van der Waals surface area (Å²) in [4.78, 5) is 0. The third-order valence-corrected chi connectivity index (χ3v) is 2.65. The highest BCUT2D eigenvalue weighted by Gasteiger charge is 2.12. The first-order valence-corrected chi connectivity index (χ1v) is 6.38. The minimum absolute atomic E-state index is 0.562. The molecule has 1 nitrogen and oxygen atoms in total. The Morgan fingerprint density at radius 3 is 2.12 bits per heavy atom. The first-order chi connectivity index (χ1) is 7.58. The third-order valence-electron chi connectivity index (χ3n) is 2.65. The van der Waals surface area contributed by atoms with Crippen molar-refractivity contribution >= 4 is 0 Å².